The summed E-state index contributed by atoms with van der Waals surface area (Å²) in [5.41, 5.74) is 5.12. The van der Waals surface area contributed by atoms with Gasteiger partial charge in [-0.3, -0.25) is 9.59 Å². The van der Waals surface area contributed by atoms with Crippen LogP contribution in [0.3, 0.4) is 0 Å². The fourth-order valence-electron chi connectivity index (χ4n) is 6.02. The topological polar surface area (TPSA) is 143 Å². The molecule has 47 heavy (non-hydrogen) atoms. The molecule has 10 nitrogen and oxygen atoms in total. The largest absolute Gasteiger partial charge is 0.462 e. The molecule has 3 aromatic rings. The van der Waals surface area contributed by atoms with Crippen LogP contribution >= 0.6 is 0 Å². The molecule has 0 saturated carbocycles. The third kappa shape index (κ3) is 8.65. The van der Waals surface area contributed by atoms with Crippen LogP contribution in [0.5, 0.6) is 0 Å². The number of alkyl carbamates (subject to hydrolysis) is 1. The number of ether oxygens (including phenoxy) is 2. The Balaban J connectivity index is 1.27. The number of nitrogens with one attached hydrogen (secondary N) is 3. The van der Waals surface area contributed by atoms with Crippen molar-refractivity contribution in [2.24, 2.45) is 5.92 Å². The molecular weight excluding hydrogens is 598 g/mol. The number of hydrogen-bond donors (Lipinski definition) is 4. The summed E-state index contributed by atoms with van der Waals surface area (Å²) in [5, 5.41) is 17.6. The molecule has 1 aliphatic carbocycles. The molecule has 4 atom stereocenters. The molecule has 0 saturated heterocycles. The Morgan fingerprint density at radius 1 is 0.957 bits per heavy atom. The summed E-state index contributed by atoms with van der Waals surface area (Å²) in [7, 11) is 0. The molecule has 1 aliphatic heterocycles. The number of aliphatic hydroxyl groups is 1. The number of cyclic esters (lactones) is 1. The van der Waals surface area contributed by atoms with Crippen molar-refractivity contribution >= 4 is 23.9 Å². The number of esters is 1. The monoisotopic (exact) mass is 639 g/mol. The number of fused-ring (bicyclic) bond motifs is 3. The molecule has 3 aromatic carbocycles. The first-order valence-electron chi connectivity index (χ1n) is 16.0. The van der Waals surface area contributed by atoms with E-state index < -0.39 is 36.1 Å². The maximum atomic E-state index is 13.4. The van der Waals surface area contributed by atoms with Gasteiger partial charge in [0, 0.05) is 18.4 Å². The Kier molecular flexibility index (Phi) is 11.4. The average molecular weight is 640 g/mol. The first-order chi connectivity index (χ1) is 22.8. The van der Waals surface area contributed by atoms with Crippen LogP contribution in [0.4, 0.5) is 4.79 Å². The van der Waals surface area contributed by atoms with E-state index in [1.165, 1.54) is 0 Å². The van der Waals surface area contributed by atoms with Crippen LogP contribution in [0, 0.1) is 5.92 Å². The van der Waals surface area contributed by atoms with E-state index in [1.54, 1.807) is 13.0 Å². The zero-order valence-electron chi connectivity index (χ0n) is 26.4. The highest BCUT2D eigenvalue weighted by Gasteiger charge is 2.31. The Morgan fingerprint density at radius 3 is 2.30 bits per heavy atom. The minimum atomic E-state index is -0.982. The normalized spacial score (nSPS) is 20.6. The van der Waals surface area contributed by atoms with Gasteiger partial charge in [-0.1, -0.05) is 91.0 Å². The van der Waals surface area contributed by atoms with Gasteiger partial charge in [-0.2, -0.15) is 0 Å². The van der Waals surface area contributed by atoms with Crippen molar-refractivity contribution in [2.75, 3.05) is 19.8 Å². The van der Waals surface area contributed by atoms with Gasteiger partial charge in [0.1, 0.15) is 19.3 Å². The van der Waals surface area contributed by atoms with E-state index in [9.17, 15) is 24.3 Å². The van der Waals surface area contributed by atoms with Crippen LogP contribution < -0.4 is 16.0 Å². The molecule has 0 bridgehead atoms. The molecule has 0 aromatic heterocycles. The van der Waals surface area contributed by atoms with Gasteiger partial charge in [0.2, 0.25) is 11.8 Å². The Bertz CT molecular complexity index is 1550. The highest BCUT2D eigenvalue weighted by Crippen LogP contribution is 2.44. The molecule has 5 rings (SSSR count). The van der Waals surface area contributed by atoms with Gasteiger partial charge in [0.25, 0.3) is 0 Å². The molecule has 3 amide bonds. The molecule has 1 heterocycles. The molecule has 4 N–H and O–H groups in total. The van der Waals surface area contributed by atoms with Crippen LogP contribution in [0.1, 0.15) is 61.3 Å². The number of benzene rings is 3. The highest BCUT2D eigenvalue weighted by atomic mass is 16.6. The summed E-state index contributed by atoms with van der Waals surface area (Å²) in [5.74, 6) is -2.16. The second-order valence-electron chi connectivity index (χ2n) is 12.0. The molecule has 0 spiro atoms. The van der Waals surface area contributed by atoms with E-state index in [4.69, 9.17) is 9.47 Å². The first kappa shape index (κ1) is 33.4. The lowest BCUT2D eigenvalue weighted by molar-refractivity contribution is -0.147. The van der Waals surface area contributed by atoms with Gasteiger partial charge >= 0.3 is 12.1 Å². The van der Waals surface area contributed by atoms with Gasteiger partial charge in [0.15, 0.2) is 0 Å². The summed E-state index contributed by atoms with van der Waals surface area (Å²) in [6.07, 6.45) is 3.77. The fraction of sp³-hybridized carbons (Fsp3) is 0.351. The lowest BCUT2D eigenvalue weighted by Crippen LogP contribution is -2.44. The van der Waals surface area contributed by atoms with E-state index in [2.05, 4.69) is 28.1 Å². The number of hydrogen-bond acceptors (Lipinski definition) is 7. The minimum Gasteiger partial charge on any atom is -0.462 e. The van der Waals surface area contributed by atoms with E-state index in [0.29, 0.717) is 6.42 Å². The van der Waals surface area contributed by atoms with Gasteiger partial charge in [0.05, 0.1) is 18.6 Å². The summed E-state index contributed by atoms with van der Waals surface area (Å²) in [4.78, 5) is 52.4. The van der Waals surface area contributed by atoms with E-state index >= 15 is 0 Å². The molecule has 0 fully saturated rings. The third-order valence-corrected chi connectivity index (χ3v) is 8.52. The zero-order valence-corrected chi connectivity index (χ0v) is 26.4. The number of amides is 3. The second-order valence-corrected chi connectivity index (χ2v) is 12.0. The quantitative estimate of drug-likeness (QED) is 0.209. The molecule has 246 valence electrons. The third-order valence-electron chi connectivity index (χ3n) is 8.52. The van der Waals surface area contributed by atoms with Crippen LogP contribution in [-0.4, -0.2) is 60.9 Å². The van der Waals surface area contributed by atoms with E-state index in [0.717, 1.165) is 27.8 Å². The van der Waals surface area contributed by atoms with Gasteiger partial charge in [-0.25, -0.2) is 9.59 Å². The van der Waals surface area contributed by atoms with Crippen LogP contribution in [-0.2, 0) is 23.9 Å². The number of aliphatic hydroxyl groups excluding tert-OH is 1. The average Bonchev–Trinajstić information content (AvgIpc) is 3.41. The lowest BCUT2D eigenvalue weighted by atomic mass is 9.97. The summed E-state index contributed by atoms with van der Waals surface area (Å²) >= 11 is 0. The molecule has 0 unspecified atom stereocenters. The van der Waals surface area contributed by atoms with Crippen LogP contribution in [0.25, 0.3) is 11.1 Å². The number of carbonyl (C=O) groups excluding carboxylic acids is 4. The molecule has 2 aliphatic rings. The van der Waals surface area contributed by atoms with Crippen molar-refractivity contribution < 1.29 is 33.8 Å². The van der Waals surface area contributed by atoms with Crippen molar-refractivity contribution in [2.45, 2.75) is 56.7 Å². The predicted octanol–water partition coefficient (Wildman–Crippen LogP) is 4.54. The highest BCUT2D eigenvalue weighted by molar-refractivity contribution is 5.86. The van der Waals surface area contributed by atoms with E-state index in [-0.39, 0.29) is 56.8 Å². The second kappa shape index (κ2) is 16.0. The number of allylic oxidation sites excluding steroid dienone is 2. The lowest BCUT2D eigenvalue weighted by Gasteiger charge is -2.24. The van der Waals surface area contributed by atoms with Crippen molar-refractivity contribution in [1.82, 2.24) is 16.0 Å². The van der Waals surface area contributed by atoms with Gasteiger partial charge < -0.3 is 30.5 Å². The van der Waals surface area contributed by atoms with Crippen molar-refractivity contribution in [3.8, 4) is 11.1 Å². The summed E-state index contributed by atoms with van der Waals surface area (Å²) in [6, 6.07) is 23.1. The molecule has 10 heteroatoms. The van der Waals surface area contributed by atoms with Gasteiger partial charge in [-0.05, 0) is 54.0 Å². The minimum absolute atomic E-state index is 0.0756. The predicted molar refractivity (Wildman–Crippen MR) is 176 cm³/mol. The maximum absolute atomic E-state index is 13.4. The van der Waals surface area contributed by atoms with Crippen molar-refractivity contribution in [1.29, 1.82) is 0 Å². The SMILES string of the molecule is C[C@H](CO)NC(=O)C[C@H]1CC=CCC[C@H](NC(=O)OCC2c3ccccc3-c3ccccc32)C(=O)OC[C@H](c2ccccc2)NC1=O. The number of rotatable bonds is 8. The Morgan fingerprint density at radius 2 is 1.62 bits per heavy atom. The van der Waals surface area contributed by atoms with Crippen LogP contribution in [0.2, 0.25) is 0 Å². The van der Waals surface area contributed by atoms with Crippen molar-refractivity contribution in [3.05, 3.63) is 108 Å². The zero-order chi connectivity index (χ0) is 33.2. The van der Waals surface area contributed by atoms with Crippen LogP contribution in [0.15, 0.2) is 91.0 Å². The smallest absolute Gasteiger partial charge is 0.407 e. The Labute approximate surface area is 274 Å². The summed E-state index contributed by atoms with van der Waals surface area (Å²) in [6.45, 7) is 1.39. The van der Waals surface area contributed by atoms with E-state index in [1.807, 2.05) is 72.8 Å². The number of carbonyl (C=O) groups is 4. The standard InChI is InChI=1S/C37H41N3O7/c1-24(21-41)38-34(42)20-26-14-6-3-7-19-32(36(44)46-23-33(39-35(26)43)25-12-4-2-5-13-25)40-37(45)47-22-31-29-17-10-8-15-27(29)28-16-9-11-18-30(28)31/h2-6,8-13,15-18,24,26,31-33,41H,7,14,19-23H2,1H3,(H,38,42)(H,39,43)(H,40,45)/t24-,26-,32+,33-/m1/s1. The maximum Gasteiger partial charge on any atom is 0.407 e. The van der Waals surface area contributed by atoms with Gasteiger partial charge in [-0.15, -0.1) is 0 Å². The molecule has 0 radical (unpaired) electrons. The Hall–Kier alpha value is -4.96. The first-order valence-corrected chi connectivity index (χ1v) is 16.0. The molecular formula is C37H41N3O7. The van der Waals surface area contributed by atoms with Crippen molar-refractivity contribution in [3.63, 3.8) is 0 Å². The fourth-order valence-corrected chi connectivity index (χ4v) is 6.02. The summed E-state index contributed by atoms with van der Waals surface area (Å²) < 4.78 is 11.4.